The van der Waals surface area contributed by atoms with E-state index >= 15 is 0 Å². The van der Waals surface area contributed by atoms with Crippen LogP contribution in [-0.4, -0.2) is 45.7 Å². The molecule has 172 valence electrons. The number of sulfonamides is 1. The number of halogens is 1. The highest BCUT2D eigenvalue weighted by atomic mass is 32.2. The zero-order valence-electron chi connectivity index (χ0n) is 17.8. The molecule has 0 bridgehead atoms. The molecule has 1 fully saturated rings. The van der Waals surface area contributed by atoms with Crippen LogP contribution in [0.4, 0.5) is 10.1 Å². The summed E-state index contributed by atoms with van der Waals surface area (Å²) in [7, 11) is -3.74. The molecular formula is C22H25FN2O6S. The van der Waals surface area contributed by atoms with E-state index < -0.39 is 33.8 Å². The van der Waals surface area contributed by atoms with Crippen molar-refractivity contribution in [2.45, 2.75) is 43.8 Å². The number of aryl methyl sites for hydroxylation is 1. The SMILES string of the molecule is Cc1ccc(NC(=O)C(C)OC(=O)c2ccc(S(=O)(=O)NCC3CCCO3)cc2)cc1F. The topological polar surface area (TPSA) is 111 Å². The van der Waals surface area contributed by atoms with E-state index in [0.717, 1.165) is 12.8 Å². The number of amides is 1. The first-order chi connectivity index (χ1) is 15.2. The quantitative estimate of drug-likeness (QED) is 0.582. The van der Waals surface area contributed by atoms with E-state index in [0.29, 0.717) is 12.2 Å². The lowest BCUT2D eigenvalue weighted by atomic mass is 10.2. The maximum atomic E-state index is 13.6. The van der Waals surface area contributed by atoms with Crippen molar-refractivity contribution < 1.29 is 31.9 Å². The maximum absolute atomic E-state index is 13.6. The zero-order valence-corrected chi connectivity index (χ0v) is 18.6. The van der Waals surface area contributed by atoms with E-state index in [1.807, 2.05) is 0 Å². The van der Waals surface area contributed by atoms with Gasteiger partial charge in [-0.25, -0.2) is 22.3 Å². The minimum Gasteiger partial charge on any atom is -0.449 e. The number of anilines is 1. The highest BCUT2D eigenvalue weighted by molar-refractivity contribution is 7.89. The Balaban J connectivity index is 1.56. The summed E-state index contributed by atoms with van der Waals surface area (Å²) < 4.78 is 51.4. The van der Waals surface area contributed by atoms with Crippen LogP contribution < -0.4 is 10.0 Å². The monoisotopic (exact) mass is 464 g/mol. The normalized spacial score (nSPS) is 17.0. The van der Waals surface area contributed by atoms with Crippen molar-refractivity contribution in [2.24, 2.45) is 0 Å². The van der Waals surface area contributed by atoms with Crippen LogP contribution in [0.2, 0.25) is 0 Å². The molecule has 0 spiro atoms. The molecule has 0 radical (unpaired) electrons. The van der Waals surface area contributed by atoms with Crippen LogP contribution in [0.25, 0.3) is 0 Å². The molecule has 1 amide bonds. The van der Waals surface area contributed by atoms with Crippen molar-refractivity contribution in [3.8, 4) is 0 Å². The first-order valence-electron chi connectivity index (χ1n) is 10.1. The number of hydrogen-bond acceptors (Lipinski definition) is 6. The van der Waals surface area contributed by atoms with Crippen LogP contribution in [0.15, 0.2) is 47.4 Å². The number of rotatable bonds is 8. The zero-order chi connectivity index (χ0) is 23.3. The van der Waals surface area contributed by atoms with Crippen LogP contribution in [0.1, 0.15) is 35.7 Å². The van der Waals surface area contributed by atoms with Crippen molar-refractivity contribution in [3.63, 3.8) is 0 Å². The third-order valence-corrected chi connectivity index (χ3v) is 6.46. The summed E-state index contributed by atoms with van der Waals surface area (Å²) in [5, 5.41) is 2.48. The number of carbonyl (C=O) groups excluding carboxylic acids is 2. The first-order valence-corrected chi connectivity index (χ1v) is 11.6. The molecule has 10 heteroatoms. The molecule has 1 saturated heterocycles. The third-order valence-electron chi connectivity index (χ3n) is 5.02. The van der Waals surface area contributed by atoms with Gasteiger partial charge in [0.1, 0.15) is 5.82 Å². The van der Waals surface area contributed by atoms with E-state index in [-0.39, 0.29) is 28.8 Å². The molecule has 2 aromatic carbocycles. The van der Waals surface area contributed by atoms with Gasteiger partial charge in [-0.2, -0.15) is 0 Å². The van der Waals surface area contributed by atoms with Gasteiger partial charge in [-0.3, -0.25) is 4.79 Å². The second-order valence-electron chi connectivity index (χ2n) is 7.51. The molecule has 1 heterocycles. The highest BCUT2D eigenvalue weighted by Crippen LogP contribution is 2.16. The Labute approximate surface area is 186 Å². The van der Waals surface area contributed by atoms with Gasteiger partial charge in [0.15, 0.2) is 6.10 Å². The van der Waals surface area contributed by atoms with Gasteiger partial charge in [-0.15, -0.1) is 0 Å². The van der Waals surface area contributed by atoms with Crippen LogP contribution in [0.5, 0.6) is 0 Å². The molecule has 2 aromatic rings. The fourth-order valence-corrected chi connectivity index (χ4v) is 4.12. The molecule has 8 nitrogen and oxygen atoms in total. The Morgan fingerprint density at radius 1 is 1.22 bits per heavy atom. The summed E-state index contributed by atoms with van der Waals surface area (Å²) in [6.45, 7) is 3.79. The maximum Gasteiger partial charge on any atom is 0.338 e. The molecule has 0 saturated carbocycles. The van der Waals surface area contributed by atoms with Crippen LogP contribution in [0.3, 0.4) is 0 Å². The second kappa shape index (κ2) is 10.2. The summed E-state index contributed by atoms with van der Waals surface area (Å²) in [6.07, 6.45) is 0.422. The van der Waals surface area contributed by atoms with Crippen molar-refractivity contribution in [1.82, 2.24) is 4.72 Å². The molecular weight excluding hydrogens is 439 g/mol. The number of ether oxygens (including phenoxy) is 2. The molecule has 0 aliphatic carbocycles. The molecule has 0 aromatic heterocycles. The fraction of sp³-hybridized carbons (Fsp3) is 0.364. The lowest BCUT2D eigenvalue weighted by Crippen LogP contribution is -2.32. The van der Waals surface area contributed by atoms with Gasteiger partial charge in [0.05, 0.1) is 16.6 Å². The minimum absolute atomic E-state index is 0.000707. The Bertz CT molecular complexity index is 1080. The van der Waals surface area contributed by atoms with Crippen molar-refractivity contribution in [1.29, 1.82) is 0 Å². The van der Waals surface area contributed by atoms with Gasteiger partial charge < -0.3 is 14.8 Å². The van der Waals surface area contributed by atoms with Gasteiger partial charge in [0.2, 0.25) is 10.0 Å². The van der Waals surface area contributed by atoms with E-state index in [9.17, 15) is 22.4 Å². The van der Waals surface area contributed by atoms with Crippen LogP contribution in [0, 0.1) is 12.7 Å². The van der Waals surface area contributed by atoms with Crippen molar-refractivity contribution >= 4 is 27.6 Å². The smallest absolute Gasteiger partial charge is 0.338 e. The average Bonchev–Trinajstić information content (AvgIpc) is 3.29. The molecule has 1 aliphatic heterocycles. The van der Waals surface area contributed by atoms with E-state index in [1.165, 1.54) is 49.4 Å². The van der Waals surface area contributed by atoms with Crippen molar-refractivity contribution in [3.05, 3.63) is 59.4 Å². The lowest BCUT2D eigenvalue weighted by molar-refractivity contribution is -0.123. The van der Waals surface area contributed by atoms with Crippen LogP contribution in [-0.2, 0) is 24.3 Å². The fourth-order valence-electron chi connectivity index (χ4n) is 3.06. The first kappa shape index (κ1) is 23.8. The van der Waals surface area contributed by atoms with Gasteiger partial charge in [0.25, 0.3) is 5.91 Å². The number of carbonyl (C=O) groups is 2. The average molecular weight is 465 g/mol. The Morgan fingerprint density at radius 2 is 1.94 bits per heavy atom. The standard InChI is InChI=1S/C22H25FN2O6S/c1-14-5-8-17(12-20(14)23)25-21(26)15(2)31-22(27)16-6-9-19(10-7-16)32(28,29)24-13-18-4-3-11-30-18/h5-10,12,15,18,24H,3-4,11,13H2,1-2H3,(H,25,26). The molecule has 1 aliphatic rings. The summed E-state index contributed by atoms with van der Waals surface area (Å²) in [5.41, 5.74) is 0.769. The van der Waals surface area contributed by atoms with Crippen LogP contribution >= 0.6 is 0 Å². The number of esters is 1. The molecule has 2 unspecified atom stereocenters. The van der Waals surface area contributed by atoms with Gasteiger partial charge >= 0.3 is 5.97 Å². The summed E-state index contributed by atoms with van der Waals surface area (Å²) in [4.78, 5) is 24.6. The Kier molecular flexibility index (Phi) is 7.60. The minimum atomic E-state index is -3.74. The van der Waals surface area contributed by atoms with Crippen molar-refractivity contribution in [2.75, 3.05) is 18.5 Å². The summed E-state index contributed by atoms with van der Waals surface area (Å²) in [5.74, 6) is -1.88. The molecule has 2 atom stereocenters. The second-order valence-corrected chi connectivity index (χ2v) is 9.28. The summed E-state index contributed by atoms with van der Waals surface area (Å²) >= 11 is 0. The van der Waals surface area contributed by atoms with Gasteiger partial charge in [0, 0.05) is 18.8 Å². The lowest BCUT2D eigenvalue weighted by Gasteiger charge is -2.14. The molecule has 32 heavy (non-hydrogen) atoms. The Hall–Kier alpha value is -2.82. The van der Waals surface area contributed by atoms with E-state index in [1.54, 1.807) is 6.92 Å². The highest BCUT2D eigenvalue weighted by Gasteiger charge is 2.22. The Morgan fingerprint density at radius 3 is 2.56 bits per heavy atom. The number of benzene rings is 2. The molecule has 3 rings (SSSR count). The van der Waals surface area contributed by atoms with E-state index in [4.69, 9.17) is 9.47 Å². The number of nitrogens with one attached hydrogen (secondary N) is 2. The predicted molar refractivity (Wildman–Crippen MR) is 115 cm³/mol. The summed E-state index contributed by atoms with van der Waals surface area (Å²) in [6, 6.07) is 9.42. The largest absolute Gasteiger partial charge is 0.449 e. The van der Waals surface area contributed by atoms with Gasteiger partial charge in [-0.05, 0) is 68.7 Å². The van der Waals surface area contributed by atoms with E-state index in [2.05, 4.69) is 10.0 Å². The predicted octanol–water partition coefficient (Wildman–Crippen LogP) is 2.78. The number of hydrogen-bond donors (Lipinski definition) is 2. The molecule has 2 N–H and O–H groups in total. The van der Waals surface area contributed by atoms with Gasteiger partial charge in [-0.1, -0.05) is 6.07 Å². The third kappa shape index (κ3) is 6.12.